The van der Waals surface area contributed by atoms with Gasteiger partial charge in [0.15, 0.2) is 21.3 Å². The van der Waals surface area contributed by atoms with Crippen molar-refractivity contribution in [3.8, 4) is 0 Å². The van der Waals surface area contributed by atoms with E-state index in [0.717, 1.165) is 38.2 Å². The van der Waals surface area contributed by atoms with Crippen LogP contribution in [0.15, 0.2) is 12.1 Å². The lowest BCUT2D eigenvalue weighted by Gasteiger charge is -2.36. The Morgan fingerprint density at radius 3 is 2.71 bits per heavy atom. The number of rotatable bonds is 5. The zero-order valence-electron chi connectivity index (χ0n) is 15.9. The molecule has 2 fully saturated rings. The highest BCUT2D eigenvalue weighted by atomic mass is 32.2. The zero-order valence-corrected chi connectivity index (χ0v) is 16.8. The fraction of sp³-hybridized carbons (Fsp3) is 0.706. The number of nitrogens with zero attached hydrogens (tertiary/aromatic N) is 7. The summed E-state index contributed by atoms with van der Waals surface area (Å²) in [6, 6.07) is 3.54. The first-order chi connectivity index (χ1) is 13.5. The molecule has 4 rings (SSSR count). The Labute approximate surface area is 163 Å². The van der Waals surface area contributed by atoms with E-state index in [1.54, 1.807) is 0 Å². The number of fused-ring (bicyclic) bond motifs is 1. The quantitative estimate of drug-likeness (QED) is 0.689. The third kappa shape index (κ3) is 3.80. The van der Waals surface area contributed by atoms with Crippen LogP contribution in [0.3, 0.4) is 0 Å². The van der Waals surface area contributed by atoms with Gasteiger partial charge in [0.25, 0.3) is 0 Å². The van der Waals surface area contributed by atoms with Gasteiger partial charge >= 0.3 is 0 Å². The van der Waals surface area contributed by atoms with Crippen LogP contribution in [-0.2, 0) is 14.6 Å². The molecule has 2 aromatic heterocycles. The highest BCUT2D eigenvalue weighted by Crippen LogP contribution is 2.26. The van der Waals surface area contributed by atoms with E-state index >= 15 is 0 Å². The minimum Gasteiger partial charge on any atom is -0.355 e. The van der Waals surface area contributed by atoms with Gasteiger partial charge < -0.3 is 9.80 Å². The van der Waals surface area contributed by atoms with Crippen molar-refractivity contribution < 1.29 is 13.2 Å². The predicted molar refractivity (Wildman–Crippen MR) is 103 cm³/mol. The topological polar surface area (TPSA) is 114 Å². The molecule has 1 unspecified atom stereocenters. The van der Waals surface area contributed by atoms with Crippen LogP contribution in [0, 0.1) is 5.92 Å². The molecule has 1 atom stereocenters. The summed E-state index contributed by atoms with van der Waals surface area (Å²) >= 11 is 0. The number of hydrogen-bond donors (Lipinski definition) is 0. The molecule has 10 nitrogen and oxygen atoms in total. The van der Waals surface area contributed by atoms with Gasteiger partial charge in [-0.05, 0) is 48.2 Å². The number of amides is 1. The van der Waals surface area contributed by atoms with Crippen LogP contribution in [0.25, 0.3) is 5.65 Å². The van der Waals surface area contributed by atoms with Gasteiger partial charge in [0.1, 0.15) is 0 Å². The van der Waals surface area contributed by atoms with Crippen LogP contribution in [-0.4, -0.2) is 81.7 Å². The summed E-state index contributed by atoms with van der Waals surface area (Å²) in [4.78, 5) is 17.1. The fourth-order valence-electron chi connectivity index (χ4n) is 4.13. The highest BCUT2D eigenvalue weighted by molar-refractivity contribution is 7.91. The van der Waals surface area contributed by atoms with E-state index in [9.17, 15) is 13.2 Å². The molecular weight excluding hydrogens is 382 g/mol. The molecule has 11 heteroatoms. The largest absolute Gasteiger partial charge is 0.355 e. The summed E-state index contributed by atoms with van der Waals surface area (Å²) in [5.41, 5.74) is 0.593. The summed E-state index contributed by atoms with van der Waals surface area (Å²) in [6.45, 7) is 4.09. The highest BCUT2D eigenvalue weighted by Gasteiger charge is 2.37. The third-order valence-corrected chi connectivity index (χ3v) is 7.37. The van der Waals surface area contributed by atoms with E-state index in [0.29, 0.717) is 18.6 Å². The smallest absolute Gasteiger partial charge is 0.226 e. The van der Waals surface area contributed by atoms with Crippen molar-refractivity contribution in [2.45, 2.75) is 38.6 Å². The van der Waals surface area contributed by atoms with Crippen LogP contribution in [0.2, 0.25) is 0 Å². The number of aromatic nitrogens is 5. The fourth-order valence-corrected chi connectivity index (χ4v) is 5.86. The monoisotopic (exact) mass is 407 g/mol. The second-order valence-corrected chi connectivity index (χ2v) is 9.80. The van der Waals surface area contributed by atoms with Gasteiger partial charge in [0, 0.05) is 31.6 Å². The molecule has 1 amide bonds. The number of carbonyl (C=O) groups is 1. The van der Waals surface area contributed by atoms with E-state index in [2.05, 4.69) is 25.5 Å². The molecule has 2 saturated heterocycles. The zero-order chi connectivity index (χ0) is 19.7. The molecule has 4 heterocycles. The maximum Gasteiger partial charge on any atom is 0.226 e. The molecule has 2 aliphatic heterocycles. The van der Waals surface area contributed by atoms with E-state index in [-0.39, 0.29) is 29.4 Å². The van der Waals surface area contributed by atoms with Gasteiger partial charge in [0.2, 0.25) is 5.91 Å². The summed E-state index contributed by atoms with van der Waals surface area (Å²) in [6.07, 6.45) is 2.85. The Kier molecular flexibility index (Phi) is 5.17. The number of tetrazole rings is 1. The SMILES string of the molecule is CCCN(C(=O)C1CCN(c2ccc3nnnn3n2)CC1)C1CCS(=O)(=O)C1. The summed E-state index contributed by atoms with van der Waals surface area (Å²) in [7, 11) is -3.01. The minimum absolute atomic E-state index is 0.0668. The molecule has 0 N–H and O–H groups in total. The van der Waals surface area contributed by atoms with E-state index in [1.807, 2.05) is 24.0 Å². The van der Waals surface area contributed by atoms with Gasteiger partial charge in [-0.15, -0.1) is 14.8 Å². The Morgan fingerprint density at radius 1 is 1.25 bits per heavy atom. The Bertz CT molecular complexity index is 953. The number of carbonyl (C=O) groups excluding carboxylic acids is 1. The summed E-state index contributed by atoms with van der Waals surface area (Å²) in [5.74, 6) is 1.12. The lowest BCUT2D eigenvalue weighted by atomic mass is 9.94. The van der Waals surface area contributed by atoms with E-state index in [1.165, 1.54) is 4.63 Å². The first-order valence-corrected chi connectivity index (χ1v) is 11.6. The molecular formula is C17H25N7O3S. The maximum absolute atomic E-state index is 13.1. The molecule has 152 valence electrons. The van der Waals surface area contributed by atoms with Gasteiger partial charge in [0.05, 0.1) is 11.5 Å². The Morgan fingerprint density at radius 2 is 2.04 bits per heavy atom. The number of piperidine rings is 1. The number of anilines is 1. The minimum atomic E-state index is -3.01. The van der Waals surface area contributed by atoms with Gasteiger partial charge in [-0.2, -0.15) is 0 Å². The van der Waals surface area contributed by atoms with Crippen molar-refractivity contribution in [1.29, 1.82) is 0 Å². The molecule has 28 heavy (non-hydrogen) atoms. The second-order valence-electron chi connectivity index (χ2n) is 7.57. The first-order valence-electron chi connectivity index (χ1n) is 9.78. The van der Waals surface area contributed by atoms with E-state index in [4.69, 9.17) is 0 Å². The van der Waals surface area contributed by atoms with Crippen LogP contribution in [0.1, 0.15) is 32.6 Å². The lowest BCUT2D eigenvalue weighted by Crippen LogP contribution is -2.47. The standard InChI is InChI=1S/C17H25N7O3S/c1-2-8-23(14-7-11-28(26,27)12-14)17(25)13-5-9-22(10-6-13)16-4-3-15-18-20-21-24(15)19-16/h3-4,13-14H,2,5-12H2,1H3. The van der Waals surface area contributed by atoms with Gasteiger partial charge in [-0.1, -0.05) is 6.92 Å². The van der Waals surface area contributed by atoms with Crippen LogP contribution >= 0.6 is 0 Å². The third-order valence-electron chi connectivity index (χ3n) is 5.62. The summed E-state index contributed by atoms with van der Waals surface area (Å²) < 4.78 is 25.1. The molecule has 2 aliphatic rings. The lowest BCUT2D eigenvalue weighted by molar-refractivity contribution is -0.138. The van der Waals surface area contributed by atoms with Crippen molar-refractivity contribution in [3.63, 3.8) is 0 Å². The van der Waals surface area contributed by atoms with Crippen LogP contribution in [0.4, 0.5) is 5.82 Å². The normalized spacial score (nSPS) is 22.6. The average molecular weight is 408 g/mol. The molecule has 2 aromatic rings. The average Bonchev–Trinajstić information content (AvgIpc) is 3.31. The summed E-state index contributed by atoms with van der Waals surface area (Å²) in [5, 5.41) is 15.7. The maximum atomic E-state index is 13.1. The van der Waals surface area contributed by atoms with Crippen molar-refractivity contribution in [3.05, 3.63) is 12.1 Å². The van der Waals surface area contributed by atoms with Crippen molar-refractivity contribution in [1.82, 2.24) is 30.2 Å². The van der Waals surface area contributed by atoms with E-state index < -0.39 is 9.84 Å². The number of hydrogen-bond acceptors (Lipinski definition) is 8. The van der Waals surface area contributed by atoms with Crippen molar-refractivity contribution >= 4 is 27.2 Å². The first kappa shape index (κ1) is 19.0. The molecule has 0 radical (unpaired) electrons. The van der Waals surface area contributed by atoms with Gasteiger partial charge in [-0.25, -0.2) is 8.42 Å². The second kappa shape index (κ2) is 7.61. The molecule has 0 saturated carbocycles. The van der Waals surface area contributed by atoms with Crippen LogP contribution < -0.4 is 4.90 Å². The van der Waals surface area contributed by atoms with Crippen molar-refractivity contribution in [2.24, 2.45) is 5.92 Å². The Hall–Kier alpha value is -2.30. The Balaban J connectivity index is 1.40. The van der Waals surface area contributed by atoms with Crippen molar-refractivity contribution in [2.75, 3.05) is 36.0 Å². The molecule has 0 aliphatic carbocycles. The molecule has 0 aromatic carbocycles. The number of sulfone groups is 1. The van der Waals surface area contributed by atoms with Gasteiger partial charge in [-0.3, -0.25) is 4.79 Å². The predicted octanol–water partition coefficient (Wildman–Crippen LogP) is 0.161. The van der Waals surface area contributed by atoms with Crippen LogP contribution in [0.5, 0.6) is 0 Å². The molecule has 0 bridgehead atoms. The molecule has 0 spiro atoms.